The van der Waals surface area contributed by atoms with Gasteiger partial charge in [-0.2, -0.15) is 0 Å². The predicted molar refractivity (Wildman–Crippen MR) is 112 cm³/mol. The Hall–Kier alpha value is -3.05. The monoisotopic (exact) mass is 385 g/mol. The van der Waals surface area contributed by atoms with E-state index in [4.69, 9.17) is 21.6 Å². The van der Waals surface area contributed by atoms with Gasteiger partial charge < -0.3 is 4.98 Å². The molecule has 6 heteroatoms. The molecule has 0 atom stereocenters. The third-order valence-electron chi connectivity index (χ3n) is 5.78. The molecule has 1 saturated carbocycles. The summed E-state index contributed by atoms with van der Waals surface area (Å²) in [6, 6.07) is 10.1. The molecule has 0 bridgehead atoms. The fourth-order valence-corrected chi connectivity index (χ4v) is 4.45. The largest absolute Gasteiger partial charge is 0.339 e. The number of H-pyrrole nitrogens is 1. The molecule has 0 saturated heterocycles. The SMILES string of the molecule is Clc1nc(-c2ccnc3[nH]c4ccccc4c23)nc2cncc(C3CCC3)c12. The standard InChI is InChI=1S/C22H16ClN5/c23-20-19-15(12-4-3-5-12)10-24-11-17(19)27-21(28-20)14-8-9-25-22-18(14)13-6-1-2-7-16(13)26-22/h1-2,6-12H,3-5H2,(H,25,26). The molecule has 5 nitrogen and oxygen atoms in total. The molecule has 1 aliphatic carbocycles. The van der Waals surface area contributed by atoms with Crippen LogP contribution in [-0.2, 0) is 0 Å². The van der Waals surface area contributed by atoms with Gasteiger partial charge in [-0.05, 0) is 36.5 Å². The minimum atomic E-state index is 0.495. The highest BCUT2D eigenvalue weighted by Crippen LogP contribution is 2.41. The first kappa shape index (κ1) is 16.0. The lowest BCUT2D eigenvalue weighted by Crippen LogP contribution is -2.10. The van der Waals surface area contributed by atoms with Gasteiger partial charge in [-0.25, -0.2) is 15.0 Å². The van der Waals surface area contributed by atoms with Crippen molar-refractivity contribution in [2.75, 3.05) is 0 Å². The summed E-state index contributed by atoms with van der Waals surface area (Å²) >= 11 is 6.68. The van der Waals surface area contributed by atoms with E-state index < -0.39 is 0 Å². The van der Waals surface area contributed by atoms with E-state index in [0.717, 1.165) is 38.4 Å². The molecule has 4 heterocycles. The molecular formula is C22H16ClN5. The third kappa shape index (κ3) is 2.26. The third-order valence-corrected chi connectivity index (χ3v) is 6.05. The first-order chi connectivity index (χ1) is 13.8. The van der Waals surface area contributed by atoms with E-state index in [9.17, 15) is 0 Å². The van der Waals surface area contributed by atoms with Crippen molar-refractivity contribution in [3.63, 3.8) is 0 Å². The van der Waals surface area contributed by atoms with Crippen LogP contribution in [0.5, 0.6) is 0 Å². The van der Waals surface area contributed by atoms with E-state index >= 15 is 0 Å². The molecule has 5 aromatic rings. The maximum Gasteiger partial charge on any atom is 0.162 e. The zero-order valence-electron chi connectivity index (χ0n) is 15.0. The fraction of sp³-hybridized carbons (Fsp3) is 0.182. The molecule has 0 amide bonds. The van der Waals surface area contributed by atoms with Crippen molar-refractivity contribution in [1.29, 1.82) is 0 Å². The highest BCUT2D eigenvalue weighted by atomic mass is 35.5. The number of hydrogen-bond acceptors (Lipinski definition) is 4. The smallest absolute Gasteiger partial charge is 0.162 e. The molecule has 136 valence electrons. The zero-order valence-corrected chi connectivity index (χ0v) is 15.7. The topological polar surface area (TPSA) is 67.3 Å². The average molecular weight is 386 g/mol. The highest BCUT2D eigenvalue weighted by molar-refractivity contribution is 6.34. The van der Waals surface area contributed by atoms with Crippen molar-refractivity contribution in [1.82, 2.24) is 24.9 Å². The molecule has 1 aromatic carbocycles. The van der Waals surface area contributed by atoms with E-state index in [-0.39, 0.29) is 0 Å². The van der Waals surface area contributed by atoms with Crippen LogP contribution in [0.3, 0.4) is 0 Å². The lowest BCUT2D eigenvalue weighted by atomic mass is 9.79. The molecule has 4 aromatic heterocycles. The molecule has 0 aliphatic heterocycles. The van der Waals surface area contributed by atoms with E-state index in [0.29, 0.717) is 16.9 Å². The summed E-state index contributed by atoms with van der Waals surface area (Å²) in [5.41, 5.74) is 4.75. The fourth-order valence-electron chi connectivity index (χ4n) is 4.17. The van der Waals surface area contributed by atoms with E-state index in [1.165, 1.54) is 24.8 Å². The second-order valence-corrected chi connectivity index (χ2v) is 7.70. The molecule has 1 N–H and O–H groups in total. The molecule has 1 fully saturated rings. The summed E-state index contributed by atoms with van der Waals surface area (Å²) in [6.07, 6.45) is 9.09. The van der Waals surface area contributed by atoms with Gasteiger partial charge >= 0.3 is 0 Å². The first-order valence-corrected chi connectivity index (χ1v) is 9.84. The molecule has 0 radical (unpaired) electrons. The lowest BCUT2D eigenvalue weighted by Gasteiger charge is -2.26. The minimum absolute atomic E-state index is 0.495. The number of aromatic amines is 1. The Kier molecular flexibility index (Phi) is 3.40. The molecule has 28 heavy (non-hydrogen) atoms. The summed E-state index contributed by atoms with van der Waals surface area (Å²) in [5, 5.41) is 3.54. The van der Waals surface area contributed by atoms with E-state index in [2.05, 4.69) is 21.0 Å². The van der Waals surface area contributed by atoms with Gasteiger partial charge in [-0.3, -0.25) is 4.98 Å². The Labute approximate surface area is 165 Å². The normalized spacial score (nSPS) is 14.8. The quantitative estimate of drug-likeness (QED) is 0.399. The van der Waals surface area contributed by atoms with Crippen LogP contribution in [0.15, 0.2) is 48.9 Å². The van der Waals surface area contributed by atoms with Crippen LogP contribution >= 0.6 is 11.6 Å². The summed E-state index contributed by atoms with van der Waals surface area (Å²) < 4.78 is 0. The van der Waals surface area contributed by atoms with Crippen LogP contribution in [0.25, 0.3) is 44.2 Å². The number of halogens is 1. The van der Waals surface area contributed by atoms with Gasteiger partial charge in [0.2, 0.25) is 0 Å². The van der Waals surface area contributed by atoms with Gasteiger partial charge in [0.1, 0.15) is 10.8 Å². The number of benzene rings is 1. The lowest BCUT2D eigenvalue weighted by molar-refractivity contribution is 0.421. The highest BCUT2D eigenvalue weighted by Gasteiger charge is 2.24. The number of nitrogens with one attached hydrogen (secondary N) is 1. The van der Waals surface area contributed by atoms with E-state index in [1.807, 2.05) is 30.5 Å². The van der Waals surface area contributed by atoms with Crippen LogP contribution in [-0.4, -0.2) is 24.9 Å². The van der Waals surface area contributed by atoms with Crippen molar-refractivity contribution in [2.24, 2.45) is 0 Å². The Morgan fingerprint density at radius 1 is 1.00 bits per heavy atom. The Bertz CT molecular complexity index is 1370. The number of hydrogen-bond donors (Lipinski definition) is 1. The summed E-state index contributed by atoms with van der Waals surface area (Å²) in [5.74, 6) is 1.12. The summed E-state index contributed by atoms with van der Waals surface area (Å²) in [4.78, 5) is 21.8. The first-order valence-electron chi connectivity index (χ1n) is 9.46. The van der Waals surface area contributed by atoms with Crippen molar-refractivity contribution >= 4 is 44.4 Å². The van der Waals surface area contributed by atoms with Crippen molar-refractivity contribution in [3.05, 3.63) is 59.6 Å². The Balaban J connectivity index is 1.63. The van der Waals surface area contributed by atoms with Crippen LogP contribution < -0.4 is 0 Å². The number of pyridine rings is 2. The van der Waals surface area contributed by atoms with Crippen LogP contribution in [0, 0.1) is 0 Å². The number of nitrogens with zero attached hydrogens (tertiary/aromatic N) is 4. The molecule has 0 unspecified atom stereocenters. The Morgan fingerprint density at radius 2 is 1.89 bits per heavy atom. The molecular weight excluding hydrogens is 370 g/mol. The van der Waals surface area contributed by atoms with Gasteiger partial charge in [0.25, 0.3) is 0 Å². The predicted octanol–water partition coefficient (Wildman–Crippen LogP) is 5.64. The average Bonchev–Trinajstić information content (AvgIpc) is 3.05. The summed E-state index contributed by atoms with van der Waals surface area (Å²) in [6.45, 7) is 0. The van der Waals surface area contributed by atoms with Crippen molar-refractivity contribution in [2.45, 2.75) is 25.2 Å². The molecule has 1 aliphatic rings. The van der Waals surface area contributed by atoms with Gasteiger partial charge in [0, 0.05) is 39.6 Å². The summed E-state index contributed by atoms with van der Waals surface area (Å²) in [7, 11) is 0. The van der Waals surface area contributed by atoms with Crippen LogP contribution in [0.1, 0.15) is 30.7 Å². The van der Waals surface area contributed by atoms with Gasteiger partial charge in [0.15, 0.2) is 5.82 Å². The zero-order chi connectivity index (χ0) is 18.7. The van der Waals surface area contributed by atoms with Gasteiger partial charge in [-0.15, -0.1) is 0 Å². The van der Waals surface area contributed by atoms with Gasteiger partial charge in [-0.1, -0.05) is 36.2 Å². The Morgan fingerprint density at radius 3 is 2.75 bits per heavy atom. The number of aromatic nitrogens is 5. The van der Waals surface area contributed by atoms with Crippen molar-refractivity contribution in [3.8, 4) is 11.4 Å². The number of para-hydroxylation sites is 1. The maximum atomic E-state index is 6.68. The van der Waals surface area contributed by atoms with Crippen LogP contribution in [0.4, 0.5) is 0 Å². The van der Waals surface area contributed by atoms with E-state index in [1.54, 1.807) is 12.4 Å². The number of rotatable bonds is 2. The maximum absolute atomic E-state index is 6.68. The molecule has 0 spiro atoms. The molecule has 6 rings (SSSR count). The minimum Gasteiger partial charge on any atom is -0.339 e. The van der Waals surface area contributed by atoms with Gasteiger partial charge in [0.05, 0.1) is 11.7 Å². The number of fused-ring (bicyclic) bond motifs is 4. The second-order valence-electron chi connectivity index (χ2n) is 7.34. The van der Waals surface area contributed by atoms with Crippen molar-refractivity contribution < 1.29 is 0 Å². The second kappa shape index (κ2) is 5.97. The van der Waals surface area contributed by atoms with Crippen LogP contribution in [0.2, 0.25) is 5.15 Å².